The molecule has 1 unspecified atom stereocenters. The van der Waals surface area contributed by atoms with E-state index in [9.17, 15) is 23.1 Å². The lowest BCUT2D eigenvalue weighted by Crippen LogP contribution is -2.30. The maximum atomic E-state index is 13.6. The summed E-state index contributed by atoms with van der Waals surface area (Å²) in [4.78, 5) is 18.1. The van der Waals surface area contributed by atoms with E-state index < -0.39 is 29.4 Å². The van der Waals surface area contributed by atoms with Crippen LogP contribution in [0, 0.1) is 11.7 Å². The van der Waals surface area contributed by atoms with Crippen LogP contribution in [-0.4, -0.2) is 36.1 Å². The molecule has 1 heterocycles. The summed E-state index contributed by atoms with van der Waals surface area (Å²) in [6, 6.07) is 10.3. The van der Waals surface area contributed by atoms with E-state index in [-0.39, 0.29) is 46.0 Å². The lowest BCUT2D eigenvalue weighted by molar-refractivity contribution is 0.0784. The Bertz CT molecular complexity index is 1470. The summed E-state index contributed by atoms with van der Waals surface area (Å²) in [5.41, 5.74) is 11.8. The molecule has 7 nitrogen and oxygen atoms in total. The van der Waals surface area contributed by atoms with Crippen molar-refractivity contribution in [1.82, 2.24) is 10.3 Å². The van der Waals surface area contributed by atoms with Crippen LogP contribution in [0.1, 0.15) is 59.8 Å². The number of hydrogen-bond acceptors (Lipinski definition) is 6. The van der Waals surface area contributed by atoms with Crippen LogP contribution < -0.4 is 21.5 Å². The van der Waals surface area contributed by atoms with Gasteiger partial charge in [-0.25, -0.2) is 13.2 Å². The Hall–Kier alpha value is -3.76. The smallest absolute Gasteiger partial charge is 0.277 e. The number of aromatic nitrogens is 1. The zero-order valence-corrected chi connectivity index (χ0v) is 23.6. The summed E-state index contributed by atoms with van der Waals surface area (Å²) in [5, 5.41) is 14.0. The Balaban J connectivity index is 1.68. The molecule has 1 atom stereocenters. The predicted octanol–water partition coefficient (Wildman–Crippen LogP) is 5.85. The number of nitrogens with two attached hydrogens (primary N) is 2. The fourth-order valence-electron chi connectivity index (χ4n) is 4.61. The number of benzene rings is 2. The quantitative estimate of drug-likeness (QED) is 0.220. The molecule has 1 saturated carbocycles. The number of carbonyl (C=O) groups excluding carboxylic acids is 1. The summed E-state index contributed by atoms with van der Waals surface area (Å²) < 4.78 is 44.9. The number of pyridine rings is 1. The molecule has 0 radical (unpaired) electrons. The van der Waals surface area contributed by atoms with Crippen molar-refractivity contribution in [1.29, 1.82) is 0 Å². The average Bonchev–Trinajstić information content (AvgIpc) is 3.75. The van der Waals surface area contributed by atoms with E-state index in [0.717, 1.165) is 18.9 Å². The Morgan fingerprint density at radius 3 is 2.46 bits per heavy atom. The number of methoxy groups -OCH3 is 1. The van der Waals surface area contributed by atoms with Crippen molar-refractivity contribution in [2.24, 2.45) is 11.7 Å². The van der Waals surface area contributed by atoms with E-state index in [2.05, 4.69) is 5.32 Å². The van der Waals surface area contributed by atoms with Gasteiger partial charge in [-0.05, 0) is 81.1 Å². The third kappa shape index (κ3) is 6.94. The van der Waals surface area contributed by atoms with E-state index >= 15 is 0 Å². The second kappa shape index (κ2) is 12.0. The Labute approximate surface area is 241 Å². The van der Waals surface area contributed by atoms with Crippen molar-refractivity contribution in [3.8, 4) is 17.0 Å². The number of rotatable bonds is 10. The molecule has 1 aromatic heterocycles. The minimum atomic E-state index is -2.89. The van der Waals surface area contributed by atoms with Crippen LogP contribution in [0.25, 0.3) is 17.3 Å². The van der Waals surface area contributed by atoms with E-state index in [1.807, 2.05) is 0 Å². The summed E-state index contributed by atoms with van der Waals surface area (Å²) in [6.45, 7) is 3.42. The third-order valence-electron chi connectivity index (χ3n) is 7.04. The van der Waals surface area contributed by atoms with Crippen molar-refractivity contribution in [2.75, 3.05) is 19.4 Å². The standard InChI is InChI=1S/C30H32ClF3N4O3/c1-30(2,40)21-13-23(38-27(25(21)31)16-6-8-19(32)9-7-16)20(15-4-5-15)14-37-29(39)18-10-17(11-22(35)28(33)34)26(36)24(12-18)41-3/h6-13,15,20,28,40H,4-5,14,35-36H2,1-3H3,(H,37,39)/b22-11-. The van der Waals surface area contributed by atoms with Crippen LogP contribution in [0.2, 0.25) is 5.02 Å². The molecule has 4 rings (SSSR count). The largest absolute Gasteiger partial charge is 0.495 e. The molecule has 3 aromatic rings. The summed E-state index contributed by atoms with van der Waals surface area (Å²) >= 11 is 6.69. The van der Waals surface area contributed by atoms with Crippen LogP contribution in [0.5, 0.6) is 5.75 Å². The van der Waals surface area contributed by atoms with Gasteiger partial charge < -0.3 is 26.6 Å². The number of amides is 1. The molecular weight excluding hydrogens is 557 g/mol. The van der Waals surface area contributed by atoms with Gasteiger partial charge in [-0.15, -0.1) is 0 Å². The third-order valence-corrected chi connectivity index (χ3v) is 7.42. The van der Waals surface area contributed by atoms with Crippen molar-refractivity contribution in [3.05, 3.63) is 81.4 Å². The second-order valence-corrected chi connectivity index (χ2v) is 11.0. The molecule has 11 heteroatoms. The molecule has 2 aromatic carbocycles. The Kier molecular flexibility index (Phi) is 8.84. The highest BCUT2D eigenvalue weighted by atomic mass is 35.5. The first-order valence-electron chi connectivity index (χ1n) is 13.0. The van der Waals surface area contributed by atoms with Gasteiger partial charge in [0.25, 0.3) is 12.3 Å². The van der Waals surface area contributed by atoms with Crippen molar-refractivity contribution in [2.45, 2.75) is 44.6 Å². The van der Waals surface area contributed by atoms with E-state index in [1.54, 1.807) is 32.0 Å². The van der Waals surface area contributed by atoms with Gasteiger partial charge in [0.15, 0.2) is 0 Å². The topological polar surface area (TPSA) is 123 Å². The number of aliphatic hydroxyl groups is 1. The molecule has 218 valence electrons. The first-order valence-corrected chi connectivity index (χ1v) is 13.4. The zero-order valence-electron chi connectivity index (χ0n) is 22.8. The summed E-state index contributed by atoms with van der Waals surface area (Å²) in [7, 11) is 1.35. The average molecular weight is 589 g/mol. The monoisotopic (exact) mass is 588 g/mol. The Morgan fingerprint density at radius 2 is 1.90 bits per heavy atom. The van der Waals surface area contributed by atoms with Crippen LogP contribution in [0.15, 0.2) is 48.2 Å². The number of carbonyl (C=O) groups is 1. The maximum absolute atomic E-state index is 13.6. The molecule has 0 bridgehead atoms. The molecule has 0 aliphatic heterocycles. The molecular formula is C30H32ClF3N4O3. The van der Waals surface area contributed by atoms with E-state index in [1.165, 1.54) is 31.4 Å². The highest BCUT2D eigenvalue weighted by Gasteiger charge is 2.35. The number of nitrogen functional groups attached to an aromatic ring is 1. The van der Waals surface area contributed by atoms with Gasteiger partial charge in [-0.1, -0.05) is 11.6 Å². The lowest BCUT2D eigenvalue weighted by atomic mass is 9.91. The van der Waals surface area contributed by atoms with Crippen molar-refractivity contribution in [3.63, 3.8) is 0 Å². The van der Waals surface area contributed by atoms with Crippen LogP contribution >= 0.6 is 11.6 Å². The molecule has 0 saturated heterocycles. The fraction of sp³-hybridized carbons (Fsp3) is 0.333. The van der Waals surface area contributed by atoms with Crippen LogP contribution in [0.4, 0.5) is 18.9 Å². The lowest BCUT2D eigenvalue weighted by Gasteiger charge is -2.25. The first-order chi connectivity index (χ1) is 19.3. The highest BCUT2D eigenvalue weighted by Crippen LogP contribution is 2.44. The number of anilines is 1. The second-order valence-electron chi connectivity index (χ2n) is 10.6. The minimum Gasteiger partial charge on any atom is -0.495 e. The van der Waals surface area contributed by atoms with Gasteiger partial charge in [-0.2, -0.15) is 0 Å². The van der Waals surface area contributed by atoms with Gasteiger partial charge >= 0.3 is 0 Å². The van der Waals surface area contributed by atoms with Gasteiger partial charge in [0.2, 0.25) is 0 Å². The molecule has 6 N–H and O–H groups in total. The zero-order chi connectivity index (χ0) is 30.1. The number of halogens is 4. The number of nitrogens with zero attached hydrogens (tertiary/aromatic N) is 1. The normalized spacial score (nSPS) is 14.7. The summed E-state index contributed by atoms with van der Waals surface area (Å²) in [6.07, 6.45) is -0.0326. The number of ether oxygens (including phenoxy) is 1. The van der Waals surface area contributed by atoms with Gasteiger partial charge in [0.1, 0.15) is 11.6 Å². The van der Waals surface area contributed by atoms with Crippen molar-refractivity contribution >= 4 is 29.3 Å². The minimum absolute atomic E-state index is 0.0707. The van der Waals surface area contributed by atoms with Gasteiger partial charge in [0, 0.05) is 40.4 Å². The first kappa shape index (κ1) is 30.2. The van der Waals surface area contributed by atoms with Crippen LogP contribution in [-0.2, 0) is 5.60 Å². The SMILES string of the molecule is COc1cc(C(=O)NCC(c2cc(C(C)(C)O)c(Cl)c(-c3ccc(F)cc3)n2)C2CC2)cc(/C=C(\N)C(F)F)c1N. The number of alkyl halides is 2. The van der Waals surface area contributed by atoms with Crippen molar-refractivity contribution < 1.29 is 27.8 Å². The van der Waals surface area contributed by atoms with E-state index in [4.69, 9.17) is 32.8 Å². The number of hydrogen-bond donors (Lipinski definition) is 4. The molecule has 1 aliphatic carbocycles. The molecule has 0 spiro atoms. The summed E-state index contributed by atoms with van der Waals surface area (Å²) in [5.74, 6) is -0.736. The maximum Gasteiger partial charge on any atom is 0.277 e. The number of allylic oxidation sites excluding steroid dienone is 1. The molecule has 1 aliphatic rings. The molecule has 1 amide bonds. The van der Waals surface area contributed by atoms with Gasteiger partial charge in [0.05, 0.1) is 34.8 Å². The highest BCUT2D eigenvalue weighted by molar-refractivity contribution is 6.34. The molecule has 1 fully saturated rings. The molecule has 41 heavy (non-hydrogen) atoms. The van der Waals surface area contributed by atoms with Gasteiger partial charge in [-0.3, -0.25) is 9.78 Å². The Morgan fingerprint density at radius 1 is 1.24 bits per heavy atom. The predicted molar refractivity (Wildman–Crippen MR) is 153 cm³/mol. The number of nitrogens with one attached hydrogen (secondary N) is 1. The van der Waals surface area contributed by atoms with E-state index in [0.29, 0.717) is 22.5 Å². The van der Waals surface area contributed by atoms with Crippen LogP contribution in [0.3, 0.4) is 0 Å². The fourth-order valence-corrected chi connectivity index (χ4v) is 5.05.